The fourth-order valence-corrected chi connectivity index (χ4v) is 2.40. The molecule has 1 heterocycles. The van der Waals surface area contributed by atoms with Crippen LogP contribution in [0.25, 0.3) is 5.69 Å². The van der Waals surface area contributed by atoms with Gasteiger partial charge in [0, 0.05) is 30.2 Å². The van der Waals surface area contributed by atoms with Crippen LogP contribution in [0.3, 0.4) is 0 Å². The van der Waals surface area contributed by atoms with Crippen molar-refractivity contribution >= 4 is 0 Å². The van der Waals surface area contributed by atoms with Crippen LogP contribution in [0.2, 0.25) is 0 Å². The standard InChI is InChI=1S/C15H19N3/c1-15(7-2-8-15)17-11-13-3-5-14(6-4-13)18-10-9-16-12-18/h3-6,9-10,12,17H,2,7-8,11H2,1H3. The minimum absolute atomic E-state index is 0.378. The molecule has 1 aliphatic rings. The quantitative estimate of drug-likeness (QED) is 0.892. The van der Waals surface area contributed by atoms with Gasteiger partial charge in [-0.05, 0) is 43.9 Å². The lowest BCUT2D eigenvalue weighted by molar-refractivity contribution is 0.207. The van der Waals surface area contributed by atoms with Crippen LogP contribution in [0.4, 0.5) is 0 Å². The fraction of sp³-hybridized carbons (Fsp3) is 0.400. The van der Waals surface area contributed by atoms with E-state index in [0.717, 1.165) is 12.2 Å². The monoisotopic (exact) mass is 241 g/mol. The van der Waals surface area contributed by atoms with E-state index in [2.05, 4.69) is 41.5 Å². The Kier molecular flexibility index (Phi) is 2.92. The van der Waals surface area contributed by atoms with Crippen molar-refractivity contribution in [1.29, 1.82) is 0 Å². The number of rotatable bonds is 4. The highest BCUT2D eigenvalue weighted by Crippen LogP contribution is 2.31. The zero-order chi connectivity index (χ0) is 12.4. The van der Waals surface area contributed by atoms with E-state index in [9.17, 15) is 0 Å². The van der Waals surface area contributed by atoms with Crippen LogP contribution in [0.5, 0.6) is 0 Å². The van der Waals surface area contributed by atoms with Gasteiger partial charge in [0.15, 0.2) is 0 Å². The molecule has 3 nitrogen and oxygen atoms in total. The Morgan fingerprint density at radius 2 is 2.06 bits per heavy atom. The fourth-order valence-electron chi connectivity index (χ4n) is 2.40. The number of nitrogens with one attached hydrogen (secondary N) is 1. The summed E-state index contributed by atoms with van der Waals surface area (Å²) >= 11 is 0. The topological polar surface area (TPSA) is 29.9 Å². The van der Waals surface area contributed by atoms with Crippen LogP contribution in [0.1, 0.15) is 31.7 Å². The second-order valence-electron chi connectivity index (χ2n) is 5.40. The molecule has 1 fully saturated rings. The number of hydrogen-bond acceptors (Lipinski definition) is 2. The average Bonchev–Trinajstić information content (AvgIpc) is 2.88. The van der Waals surface area contributed by atoms with E-state index in [4.69, 9.17) is 0 Å². The summed E-state index contributed by atoms with van der Waals surface area (Å²) in [6, 6.07) is 8.65. The summed E-state index contributed by atoms with van der Waals surface area (Å²) in [5, 5.41) is 3.65. The second kappa shape index (κ2) is 4.58. The normalized spacial score (nSPS) is 17.4. The van der Waals surface area contributed by atoms with E-state index in [1.165, 1.54) is 24.8 Å². The largest absolute Gasteiger partial charge is 0.307 e. The van der Waals surface area contributed by atoms with Crippen molar-refractivity contribution in [3.05, 3.63) is 48.5 Å². The van der Waals surface area contributed by atoms with Crippen molar-refractivity contribution in [3.63, 3.8) is 0 Å². The molecule has 0 amide bonds. The van der Waals surface area contributed by atoms with Gasteiger partial charge in [0.1, 0.15) is 0 Å². The molecular formula is C15H19N3. The molecule has 0 radical (unpaired) electrons. The lowest BCUT2D eigenvalue weighted by Crippen LogP contribution is -2.47. The molecule has 1 N–H and O–H groups in total. The summed E-state index contributed by atoms with van der Waals surface area (Å²) in [7, 11) is 0. The first-order valence-electron chi connectivity index (χ1n) is 6.58. The smallest absolute Gasteiger partial charge is 0.0991 e. The molecule has 0 saturated heterocycles. The first-order valence-corrected chi connectivity index (χ1v) is 6.58. The van der Waals surface area contributed by atoms with Gasteiger partial charge < -0.3 is 9.88 Å². The van der Waals surface area contributed by atoms with Gasteiger partial charge in [0.05, 0.1) is 6.33 Å². The Hall–Kier alpha value is -1.61. The van der Waals surface area contributed by atoms with Gasteiger partial charge >= 0.3 is 0 Å². The molecule has 1 aliphatic carbocycles. The van der Waals surface area contributed by atoms with Crippen molar-refractivity contribution in [1.82, 2.24) is 14.9 Å². The Morgan fingerprint density at radius 1 is 1.28 bits per heavy atom. The van der Waals surface area contributed by atoms with Crippen molar-refractivity contribution in [3.8, 4) is 5.69 Å². The van der Waals surface area contributed by atoms with Crippen molar-refractivity contribution in [2.45, 2.75) is 38.3 Å². The molecule has 3 rings (SSSR count). The van der Waals surface area contributed by atoms with Gasteiger partial charge in [0.2, 0.25) is 0 Å². The number of hydrogen-bond donors (Lipinski definition) is 1. The molecule has 0 unspecified atom stereocenters. The maximum absolute atomic E-state index is 4.06. The molecule has 1 aromatic heterocycles. The minimum atomic E-state index is 0.378. The first kappa shape index (κ1) is 11.5. The number of aromatic nitrogens is 2. The van der Waals surface area contributed by atoms with E-state index in [1.54, 1.807) is 6.20 Å². The maximum atomic E-state index is 4.06. The van der Waals surface area contributed by atoms with E-state index in [-0.39, 0.29) is 0 Å². The highest BCUT2D eigenvalue weighted by Gasteiger charge is 2.30. The van der Waals surface area contributed by atoms with Crippen molar-refractivity contribution < 1.29 is 0 Å². The Morgan fingerprint density at radius 3 is 2.61 bits per heavy atom. The summed E-state index contributed by atoms with van der Waals surface area (Å²) in [5.74, 6) is 0. The molecule has 1 aromatic carbocycles. The first-order chi connectivity index (χ1) is 8.75. The molecule has 1 saturated carbocycles. The van der Waals surface area contributed by atoms with E-state index >= 15 is 0 Å². The molecule has 94 valence electrons. The van der Waals surface area contributed by atoms with Gasteiger partial charge in [-0.2, -0.15) is 0 Å². The van der Waals surface area contributed by atoms with E-state index in [0.29, 0.717) is 5.54 Å². The van der Waals surface area contributed by atoms with Gasteiger partial charge in [-0.25, -0.2) is 4.98 Å². The van der Waals surface area contributed by atoms with Gasteiger partial charge in [0.25, 0.3) is 0 Å². The maximum Gasteiger partial charge on any atom is 0.0991 e. The van der Waals surface area contributed by atoms with Crippen molar-refractivity contribution in [2.75, 3.05) is 0 Å². The number of benzene rings is 1. The summed E-state index contributed by atoms with van der Waals surface area (Å²) in [5.41, 5.74) is 2.88. The Labute approximate surface area is 108 Å². The second-order valence-corrected chi connectivity index (χ2v) is 5.40. The average molecular weight is 241 g/mol. The SMILES string of the molecule is CC1(NCc2ccc(-n3ccnc3)cc2)CCC1. The summed E-state index contributed by atoms with van der Waals surface area (Å²) < 4.78 is 2.02. The third kappa shape index (κ3) is 2.31. The lowest BCUT2D eigenvalue weighted by atomic mass is 9.78. The Bertz CT molecular complexity index is 495. The molecule has 18 heavy (non-hydrogen) atoms. The summed E-state index contributed by atoms with van der Waals surface area (Å²) in [4.78, 5) is 4.06. The molecule has 0 atom stereocenters. The molecular weight excluding hydrogens is 222 g/mol. The number of nitrogens with zero attached hydrogens (tertiary/aromatic N) is 2. The highest BCUT2D eigenvalue weighted by molar-refractivity contribution is 5.34. The van der Waals surface area contributed by atoms with Crippen LogP contribution in [-0.2, 0) is 6.54 Å². The Balaban J connectivity index is 1.64. The summed E-state index contributed by atoms with van der Waals surface area (Å²) in [6.07, 6.45) is 9.56. The van der Waals surface area contributed by atoms with E-state index in [1.807, 2.05) is 17.1 Å². The van der Waals surface area contributed by atoms with Crippen LogP contribution >= 0.6 is 0 Å². The predicted octanol–water partition coefficient (Wildman–Crippen LogP) is 2.90. The molecule has 3 heteroatoms. The van der Waals surface area contributed by atoms with Crippen molar-refractivity contribution in [2.24, 2.45) is 0 Å². The molecule has 0 spiro atoms. The number of imidazole rings is 1. The van der Waals surface area contributed by atoms with Crippen LogP contribution < -0.4 is 5.32 Å². The van der Waals surface area contributed by atoms with E-state index < -0.39 is 0 Å². The zero-order valence-corrected chi connectivity index (χ0v) is 10.8. The molecule has 2 aromatic rings. The van der Waals surface area contributed by atoms with Gasteiger partial charge in [-0.1, -0.05) is 12.1 Å². The minimum Gasteiger partial charge on any atom is -0.307 e. The summed E-state index contributed by atoms with van der Waals surface area (Å²) in [6.45, 7) is 3.27. The van der Waals surface area contributed by atoms with Crippen LogP contribution in [0, 0.1) is 0 Å². The molecule has 0 bridgehead atoms. The lowest BCUT2D eigenvalue weighted by Gasteiger charge is -2.39. The van der Waals surface area contributed by atoms with Gasteiger partial charge in [-0.3, -0.25) is 0 Å². The van der Waals surface area contributed by atoms with Gasteiger partial charge in [-0.15, -0.1) is 0 Å². The highest BCUT2D eigenvalue weighted by atomic mass is 15.0. The zero-order valence-electron chi connectivity index (χ0n) is 10.8. The third-order valence-corrected chi connectivity index (χ3v) is 3.92. The third-order valence-electron chi connectivity index (χ3n) is 3.92. The van der Waals surface area contributed by atoms with Crippen LogP contribution in [-0.4, -0.2) is 15.1 Å². The predicted molar refractivity (Wildman–Crippen MR) is 72.7 cm³/mol. The van der Waals surface area contributed by atoms with Crippen LogP contribution in [0.15, 0.2) is 43.0 Å². The molecule has 0 aliphatic heterocycles.